The molecular formula is C9H11F2NO2. The number of ether oxygens (including phenoxy) is 2. The first kappa shape index (κ1) is 10.6. The standard InChI is InChI=1S/C9H11F2NO2/c1-13-8-5-7(12)6(11)4-9(8)14-3-2-10/h4-5H,2-3,12H2,1H3. The van der Waals surface area contributed by atoms with E-state index in [-0.39, 0.29) is 23.8 Å². The molecule has 0 unspecified atom stereocenters. The molecule has 0 atom stereocenters. The van der Waals surface area contributed by atoms with Gasteiger partial charge in [-0.3, -0.25) is 0 Å². The highest BCUT2D eigenvalue weighted by molar-refractivity contribution is 5.53. The zero-order valence-corrected chi connectivity index (χ0v) is 7.72. The summed E-state index contributed by atoms with van der Waals surface area (Å²) >= 11 is 0. The first-order chi connectivity index (χ1) is 6.69. The van der Waals surface area contributed by atoms with E-state index in [4.69, 9.17) is 15.2 Å². The van der Waals surface area contributed by atoms with Crippen LogP contribution in [-0.2, 0) is 0 Å². The summed E-state index contributed by atoms with van der Waals surface area (Å²) in [7, 11) is 1.40. The van der Waals surface area contributed by atoms with Crippen molar-refractivity contribution in [1.29, 1.82) is 0 Å². The number of hydrogen-bond donors (Lipinski definition) is 1. The van der Waals surface area contributed by atoms with E-state index in [0.717, 1.165) is 6.07 Å². The number of anilines is 1. The number of halogens is 2. The highest BCUT2D eigenvalue weighted by atomic mass is 19.1. The van der Waals surface area contributed by atoms with Gasteiger partial charge in [-0.1, -0.05) is 0 Å². The molecule has 1 aromatic rings. The number of nitrogen functional groups attached to an aromatic ring is 1. The van der Waals surface area contributed by atoms with Gasteiger partial charge >= 0.3 is 0 Å². The fourth-order valence-electron chi connectivity index (χ4n) is 0.972. The Hall–Kier alpha value is -1.52. The number of hydrogen-bond acceptors (Lipinski definition) is 3. The summed E-state index contributed by atoms with van der Waals surface area (Å²) < 4.78 is 34.6. The van der Waals surface area contributed by atoms with Gasteiger partial charge in [0.2, 0.25) is 0 Å². The molecule has 0 spiro atoms. The van der Waals surface area contributed by atoms with Crippen LogP contribution >= 0.6 is 0 Å². The highest BCUT2D eigenvalue weighted by Crippen LogP contribution is 2.31. The molecule has 0 aromatic heterocycles. The Bertz CT molecular complexity index is 318. The molecule has 0 saturated heterocycles. The summed E-state index contributed by atoms with van der Waals surface area (Å²) in [5, 5.41) is 0. The van der Waals surface area contributed by atoms with Gasteiger partial charge in [-0.05, 0) is 0 Å². The zero-order valence-electron chi connectivity index (χ0n) is 7.72. The Kier molecular flexibility index (Phi) is 3.50. The largest absolute Gasteiger partial charge is 0.493 e. The average Bonchev–Trinajstić information content (AvgIpc) is 2.19. The molecule has 0 bridgehead atoms. The number of nitrogens with two attached hydrogens (primary N) is 1. The molecule has 5 heteroatoms. The van der Waals surface area contributed by atoms with Crippen LogP contribution in [0.25, 0.3) is 0 Å². The monoisotopic (exact) mass is 203 g/mol. The smallest absolute Gasteiger partial charge is 0.164 e. The van der Waals surface area contributed by atoms with Crippen LogP contribution < -0.4 is 15.2 Å². The average molecular weight is 203 g/mol. The lowest BCUT2D eigenvalue weighted by Gasteiger charge is -2.10. The van der Waals surface area contributed by atoms with Crippen molar-refractivity contribution in [2.45, 2.75) is 0 Å². The number of alkyl halides is 1. The molecule has 0 aliphatic rings. The SMILES string of the molecule is COc1cc(N)c(F)cc1OCCF. The summed E-state index contributed by atoms with van der Waals surface area (Å²) in [5.41, 5.74) is 5.28. The van der Waals surface area contributed by atoms with Crippen LogP contribution in [0.15, 0.2) is 12.1 Å². The Morgan fingerprint density at radius 1 is 1.36 bits per heavy atom. The molecule has 3 nitrogen and oxygen atoms in total. The fraction of sp³-hybridized carbons (Fsp3) is 0.333. The summed E-state index contributed by atoms with van der Waals surface area (Å²) in [5.74, 6) is -0.172. The minimum atomic E-state index is -0.644. The van der Waals surface area contributed by atoms with E-state index >= 15 is 0 Å². The van der Waals surface area contributed by atoms with Crippen LogP contribution in [0.4, 0.5) is 14.5 Å². The summed E-state index contributed by atoms with van der Waals surface area (Å²) in [6, 6.07) is 2.37. The lowest BCUT2D eigenvalue weighted by Crippen LogP contribution is -2.02. The minimum absolute atomic E-state index is 0.0329. The topological polar surface area (TPSA) is 44.5 Å². The molecule has 1 aromatic carbocycles. The van der Waals surface area contributed by atoms with Gasteiger partial charge in [0.05, 0.1) is 12.8 Å². The molecule has 0 fully saturated rings. The van der Waals surface area contributed by atoms with Crippen LogP contribution in [0.1, 0.15) is 0 Å². The van der Waals surface area contributed by atoms with Gasteiger partial charge in [-0.2, -0.15) is 0 Å². The second-order valence-corrected chi connectivity index (χ2v) is 2.56. The van der Waals surface area contributed by atoms with Gasteiger partial charge in [0, 0.05) is 12.1 Å². The van der Waals surface area contributed by atoms with Gasteiger partial charge < -0.3 is 15.2 Å². The maximum Gasteiger partial charge on any atom is 0.164 e. The number of methoxy groups -OCH3 is 1. The quantitative estimate of drug-likeness (QED) is 0.758. The van der Waals surface area contributed by atoms with Crippen molar-refractivity contribution >= 4 is 5.69 Å². The lowest BCUT2D eigenvalue weighted by molar-refractivity contribution is 0.259. The molecule has 0 aliphatic carbocycles. The van der Waals surface area contributed by atoms with Crippen molar-refractivity contribution in [3.63, 3.8) is 0 Å². The molecule has 2 N–H and O–H groups in total. The second kappa shape index (κ2) is 4.64. The number of benzene rings is 1. The Balaban J connectivity index is 2.95. The molecule has 1 rings (SSSR count). The predicted octanol–water partition coefficient (Wildman–Crippen LogP) is 1.76. The van der Waals surface area contributed by atoms with E-state index in [2.05, 4.69) is 0 Å². The Morgan fingerprint density at radius 3 is 2.64 bits per heavy atom. The minimum Gasteiger partial charge on any atom is -0.493 e. The van der Waals surface area contributed by atoms with E-state index in [1.165, 1.54) is 13.2 Å². The molecule has 78 valence electrons. The third-order valence-corrected chi connectivity index (χ3v) is 1.62. The normalized spacial score (nSPS) is 9.93. The van der Waals surface area contributed by atoms with Crippen molar-refractivity contribution in [2.75, 3.05) is 26.1 Å². The third-order valence-electron chi connectivity index (χ3n) is 1.62. The van der Waals surface area contributed by atoms with E-state index in [1.807, 2.05) is 0 Å². The second-order valence-electron chi connectivity index (χ2n) is 2.56. The van der Waals surface area contributed by atoms with Crippen molar-refractivity contribution in [3.8, 4) is 11.5 Å². The van der Waals surface area contributed by atoms with Crippen LogP contribution in [0, 0.1) is 5.82 Å². The van der Waals surface area contributed by atoms with Crippen LogP contribution in [-0.4, -0.2) is 20.4 Å². The molecular weight excluding hydrogens is 192 g/mol. The molecule has 0 amide bonds. The van der Waals surface area contributed by atoms with E-state index < -0.39 is 12.5 Å². The maximum atomic E-state index is 13.0. The van der Waals surface area contributed by atoms with E-state index in [0.29, 0.717) is 0 Å². The summed E-state index contributed by atoms with van der Waals surface area (Å²) in [4.78, 5) is 0. The third kappa shape index (κ3) is 2.25. The van der Waals surface area contributed by atoms with E-state index in [9.17, 15) is 8.78 Å². The van der Waals surface area contributed by atoms with Gasteiger partial charge in [-0.15, -0.1) is 0 Å². The lowest BCUT2D eigenvalue weighted by atomic mass is 10.2. The van der Waals surface area contributed by atoms with Crippen molar-refractivity contribution in [3.05, 3.63) is 17.9 Å². The molecule has 0 heterocycles. The predicted molar refractivity (Wildman–Crippen MR) is 48.8 cm³/mol. The van der Waals surface area contributed by atoms with Crippen LogP contribution in [0.3, 0.4) is 0 Å². The van der Waals surface area contributed by atoms with Gasteiger partial charge in [-0.25, -0.2) is 8.78 Å². The van der Waals surface area contributed by atoms with Crippen LogP contribution in [0.5, 0.6) is 11.5 Å². The van der Waals surface area contributed by atoms with Crippen molar-refractivity contribution < 1.29 is 18.3 Å². The number of rotatable bonds is 4. The Labute approximate surface area is 80.4 Å². The first-order valence-electron chi connectivity index (χ1n) is 4.00. The zero-order chi connectivity index (χ0) is 10.6. The fourth-order valence-corrected chi connectivity index (χ4v) is 0.972. The van der Waals surface area contributed by atoms with Crippen molar-refractivity contribution in [2.24, 2.45) is 0 Å². The summed E-state index contributed by atoms with van der Waals surface area (Å²) in [6.07, 6.45) is 0. The first-order valence-corrected chi connectivity index (χ1v) is 4.00. The molecule has 14 heavy (non-hydrogen) atoms. The van der Waals surface area contributed by atoms with Gasteiger partial charge in [0.1, 0.15) is 19.1 Å². The van der Waals surface area contributed by atoms with Crippen LogP contribution in [0.2, 0.25) is 0 Å². The molecule has 0 radical (unpaired) electrons. The van der Waals surface area contributed by atoms with Crippen molar-refractivity contribution in [1.82, 2.24) is 0 Å². The van der Waals surface area contributed by atoms with Gasteiger partial charge in [0.25, 0.3) is 0 Å². The van der Waals surface area contributed by atoms with E-state index in [1.54, 1.807) is 0 Å². The molecule has 0 aliphatic heterocycles. The van der Waals surface area contributed by atoms with Gasteiger partial charge in [0.15, 0.2) is 11.5 Å². The maximum absolute atomic E-state index is 13.0. The summed E-state index contributed by atoms with van der Waals surface area (Å²) in [6.45, 7) is -0.783. The molecule has 0 saturated carbocycles. The highest BCUT2D eigenvalue weighted by Gasteiger charge is 2.09. The Morgan fingerprint density at radius 2 is 2.07 bits per heavy atom.